The second kappa shape index (κ2) is 17.1. The van der Waals surface area contributed by atoms with E-state index in [2.05, 4.69) is 171 Å². The Labute approximate surface area is 409 Å². The Kier molecular flexibility index (Phi) is 10.4. The molecule has 70 heavy (non-hydrogen) atoms. The topological polar surface area (TPSA) is 58.0 Å². The van der Waals surface area contributed by atoms with Crippen LogP contribution in [-0.4, -0.2) is 19.9 Å². The number of rotatable bonds is 10. The zero-order chi connectivity index (χ0) is 47.4. The molecular formula is C64H50N6. The Bertz CT molecular complexity index is 3330. The van der Waals surface area contributed by atoms with Crippen molar-refractivity contribution < 1.29 is 0 Å². The van der Waals surface area contributed by atoms with Crippen molar-refractivity contribution in [2.75, 3.05) is 9.80 Å². The molecule has 0 atom stereocenters. The van der Waals surface area contributed by atoms with E-state index in [-0.39, 0.29) is 10.8 Å². The summed E-state index contributed by atoms with van der Waals surface area (Å²) >= 11 is 0. The predicted octanol–water partition coefficient (Wildman–Crippen LogP) is 16.3. The van der Waals surface area contributed by atoms with Gasteiger partial charge in [0.2, 0.25) is 0 Å². The SMILES string of the molecule is CC1(C)c2cc(/C=C/c3cccc4c(/C=C/c5ccc6c(c5)C(C)(C)c5cc(N(c7ccccn7)c7ccccn7)ccc5-6)cccc34)ccc2-c2ccc(N(c3ccccn3)c3ccccn3)cc21. The number of fused-ring (bicyclic) bond motifs is 7. The fourth-order valence-corrected chi connectivity index (χ4v) is 10.7. The molecule has 0 radical (unpaired) electrons. The first kappa shape index (κ1) is 42.6. The minimum absolute atomic E-state index is 0.212. The Morgan fingerprint density at radius 3 is 1.01 bits per heavy atom. The Hall–Kier alpha value is -8.74. The van der Waals surface area contributed by atoms with Gasteiger partial charge in [0.05, 0.1) is 0 Å². The summed E-state index contributed by atoms with van der Waals surface area (Å²) in [6.07, 6.45) is 16.4. The molecule has 4 heterocycles. The van der Waals surface area contributed by atoms with E-state index >= 15 is 0 Å². The molecule has 0 spiro atoms. The van der Waals surface area contributed by atoms with Gasteiger partial charge in [-0.1, -0.05) is 161 Å². The van der Waals surface area contributed by atoms with E-state index in [0.29, 0.717) is 0 Å². The van der Waals surface area contributed by atoms with E-state index in [1.165, 1.54) is 77.5 Å². The van der Waals surface area contributed by atoms with Crippen LogP contribution in [0, 0.1) is 0 Å². The third-order valence-corrected chi connectivity index (χ3v) is 14.3. The molecule has 0 saturated carbocycles. The van der Waals surface area contributed by atoms with Gasteiger partial charge in [-0.3, -0.25) is 9.80 Å². The maximum atomic E-state index is 4.71. The molecule has 6 heteroatoms. The molecule has 0 aliphatic heterocycles. The maximum absolute atomic E-state index is 4.71. The normalized spacial score (nSPS) is 13.8. The summed E-state index contributed by atoms with van der Waals surface area (Å²) in [7, 11) is 0. The van der Waals surface area contributed by atoms with Gasteiger partial charge in [-0.2, -0.15) is 0 Å². The number of aromatic nitrogens is 4. The summed E-state index contributed by atoms with van der Waals surface area (Å²) in [4.78, 5) is 23.1. The summed E-state index contributed by atoms with van der Waals surface area (Å²) in [6, 6.07) is 64.6. The molecule has 0 amide bonds. The van der Waals surface area contributed by atoms with Gasteiger partial charge in [0.25, 0.3) is 0 Å². The average molecular weight is 903 g/mol. The van der Waals surface area contributed by atoms with E-state index in [4.69, 9.17) is 19.9 Å². The second-order valence-electron chi connectivity index (χ2n) is 19.2. The highest BCUT2D eigenvalue weighted by Crippen LogP contribution is 2.52. The Morgan fingerprint density at radius 1 is 0.329 bits per heavy atom. The minimum Gasteiger partial charge on any atom is -0.279 e. The molecule has 12 rings (SSSR count). The number of pyridine rings is 4. The molecule has 10 aromatic rings. The molecule has 2 aliphatic rings. The van der Waals surface area contributed by atoms with Crippen LogP contribution in [-0.2, 0) is 10.8 Å². The summed E-state index contributed by atoms with van der Waals surface area (Å²) in [6.45, 7) is 9.34. The van der Waals surface area contributed by atoms with Crippen molar-refractivity contribution in [3.05, 3.63) is 251 Å². The lowest BCUT2D eigenvalue weighted by Gasteiger charge is -2.26. The zero-order valence-electron chi connectivity index (χ0n) is 39.6. The highest BCUT2D eigenvalue weighted by molar-refractivity contribution is 5.99. The molecule has 0 fully saturated rings. The summed E-state index contributed by atoms with van der Waals surface area (Å²) in [5, 5.41) is 2.44. The Morgan fingerprint density at radius 2 is 0.671 bits per heavy atom. The lowest BCUT2D eigenvalue weighted by molar-refractivity contribution is 0.660. The summed E-state index contributed by atoms with van der Waals surface area (Å²) in [5.74, 6) is 3.32. The third kappa shape index (κ3) is 7.36. The molecule has 6 nitrogen and oxygen atoms in total. The number of benzene rings is 6. The van der Waals surface area contributed by atoms with Gasteiger partial charge in [-0.15, -0.1) is 0 Å². The molecule has 4 aromatic heterocycles. The summed E-state index contributed by atoms with van der Waals surface area (Å²) in [5.41, 5.74) is 16.7. The van der Waals surface area contributed by atoms with Crippen molar-refractivity contribution in [2.45, 2.75) is 38.5 Å². The van der Waals surface area contributed by atoms with E-state index in [1.807, 2.05) is 97.6 Å². The van der Waals surface area contributed by atoms with Crippen LogP contribution in [0.3, 0.4) is 0 Å². The Balaban J connectivity index is 0.805. The first-order valence-electron chi connectivity index (χ1n) is 23.9. The van der Waals surface area contributed by atoms with Gasteiger partial charge in [-0.25, -0.2) is 19.9 Å². The summed E-state index contributed by atoms with van der Waals surface area (Å²) < 4.78 is 0. The van der Waals surface area contributed by atoms with E-state index in [0.717, 1.165) is 34.6 Å². The number of hydrogen-bond acceptors (Lipinski definition) is 6. The van der Waals surface area contributed by atoms with Crippen molar-refractivity contribution in [3.63, 3.8) is 0 Å². The third-order valence-electron chi connectivity index (χ3n) is 14.3. The van der Waals surface area contributed by atoms with Gasteiger partial charge in [0.15, 0.2) is 0 Å². The van der Waals surface area contributed by atoms with E-state index < -0.39 is 0 Å². The number of hydrogen-bond donors (Lipinski definition) is 0. The zero-order valence-corrected chi connectivity index (χ0v) is 39.6. The second-order valence-corrected chi connectivity index (χ2v) is 19.2. The first-order chi connectivity index (χ1) is 34.2. The van der Waals surface area contributed by atoms with Gasteiger partial charge >= 0.3 is 0 Å². The van der Waals surface area contributed by atoms with Crippen molar-refractivity contribution in [2.24, 2.45) is 0 Å². The number of anilines is 6. The van der Waals surface area contributed by atoms with Crippen LogP contribution in [0.5, 0.6) is 0 Å². The highest BCUT2D eigenvalue weighted by atomic mass is 15.2. The fraction of sp³-hybridized carbons (Fsp3) is 0.0938. The lowest BCUT2D eigenvalue weighted by Crippen LogP contribution is -2.17. The molecule has 2 aliphatic carbocycles. The van der Waals surface area contributed by atoms with Crippen LogP contribution in [0.15, 0.2) is 207 Å². The van der Waals surface area contributed by atoms with Gasteiger partial charge in [0, 0.05) is 47.0 Å². The largest absolute Gasteiger partial charge is 0.279 e. The molecule has 336 valence electrons. The van der Waals surface area contributed by atoms with Crippen LogP contribution in [0.25, 0.3) is 57.3 Å². The molecule has 0 saturated heterocycles. The minimum atomic E-state index is -0.212. The molecule has 6 aromatic carbocycles. The average Bonchev–Trinajstić information content (AvgIpc) is 3.76. The van der Waals surface area contributed by atoms with Crippen LogP contribution < -0.4 is 9.80 Å². The van der Waals surface area contributed by atoms with Gasteiger partial charge in [-0.05, 0) is 150 Å². The van der Waals surface area contributed by atoms with E-state index in [1.54, 1.807) is 0 Å². The van der Waals surface area contributed by atoms with Gasteiger partial charge in [0.1, 0.15) is 23.3 Å². The highest BCUT2D eigenvalue weighted by Gasteiger charge is 2.38. The molecular weight excluding hydrogens is 853 g/mol. The molecule has 0 N–H and O–H groups in total. The lowest BCUT2D eigenvalue weighted by atomic mass is 9.81. The van der Waals surface area contributed by atoms with Gasteiger partial charge < -0.3 is 0 Å². The van der Waals surface area contributed by atoms with Crippen LogP contribution in [0.1, 0.15) is 72.2 Å². The van der Waals surface area contributed by atoms with Crippen molar-refractivity contribution >= 4 is 69.7 Å². The van der Waals surface area contributed by atoms with Crippen molar-refractivity contribution in [1.29, 1.82) is 0 Å². The molecule has 0 bridgehead atoms. The van der Waals surface area contributed by atoms with E-state index in [9.17, 15) is 0 Å². The number of nitrogens with zero attached hydrogens (tertiary/aromatic N) is 6. The maximum Gasteiger partial charge on any atom is 0.138 e. The standard InChI is InChI=1S/C64H50N6/c1-63(2)55-39-43(25-31-51(55)53-33-29-47(41-57(53)63)69(59-19-5-9-35-65-59)60-20-6-10-36-66-60)23-27-45-15-13-18-50-46(16-14-17-49(45)50)28-24-44-26-32-52-54-34-30-48(42-58(54)64(3,4)56(52)40-44)70(61-21-7-11-37-67-61)62-22-8-12-38-68-62/h5-42H,1-4H3/b27-23+,28-24+. The fourth-order valence-electron chi connectivity index (χ4n) is 10.7. The van der Waals surface area contributed by atoms with Crippen LogP contribution in [0.4, 0.5) is 34.6 Å². The van der Waals surface area contributed by atoms with Crippen molar-refractivity contribution in [1.82, 2.24) is 19.9 Å². The first-order valence-corrected chi connectivity index (χ1v) is 23.9. The van der Waals surface area contributed by atoms with Crippen molar-refractivity contribution in [3.8, 4) is 22.3 Å². The van der Waals surface area contributed by atoms with Crippen LogP contribution >= 0.6 is 0 Å². The monoisotopic (exact) mass is 902 g/mol. The predicted molar refractivity (Wildman–Crippen MR) is 290 cm³/mol. The smallest absolute Gasteiger partial charge is 0.138 e. The quantitative estimate of drug-likeness (QED) is 0.127. The molecule has 0 unspecified atom stereocenters. The van der Waals surface area contributed by atoms with Crippen LogP contribution in [0.2, 0.25) is 0 Å².